The number of aryl methyl sites for hydroxylation is 2. The second kappa shape index (κ2) is 8.28. The van der Waals surface area contributed by atoms with Gasteiger partial charge >= 0.3 is 0 Å². The zero-order valence-corrected chi connectivity index (χ0v) is 17.3. The SMILES string of the molecule is Cc1nn(C)c(NC(=O)C(C)Oc2cccc(C#N)c2)c1-c1ccc(Br)cc1. The minimum atomic E-state index is -0.748. The molecule has 0 spiro atoms. The highest BCUT2D eigenvalue weighted by Crippen LogP contribution is 2.32. The third kappa shape index (κ3) is 4.24. The second-order valence-electron chi connectivity index (χ2n) is 6.33. The van der Waals surface area contributed by atoms with Gasteiger partial charge in [0.1, 0.15) is 11.6 Å². The summed E-state index contributed by atoms with van der Waals surface area (Å²) in [5.41, 5.74) is 3.11. The Labute approximate surface area is 171 Å². The summed E-state index contributed by atoms with van der Waals surface area (Å²) in [4.78, 5) is 12.7. The van der Waals surface area contributed by atoms with Crippen molar-refractivity contribution in [1.29, 1.82) is 5.26 Å². The Balaban J connectivity index is 1.82. The van der Waals surface area contributed by atoms with Gasteiger partial charge in [-0.3, -0.25) is 9.48 Å². The molecule has 0 saturated heterocycles. The first-order valence-corrected chi connectivity index (χ1v) is 9.45. The molecule has 1 heterocycles. The second-order valence-corrected chi connectivity index (χ2v) is 7.24. The fourth-order valence-corrected chi connectivity index (χ4v) is 3.14. The number of carbonyl (C=O) groups is 1. The van der Waals surface area contributed by atoms with Crippen LogP contribution in [0.1, 0.15) is 18.2 Å². The van der Waals surface area contributed by atoms with E-state index < -0.39 is 6.10 Å². The smallest absolute Gasteiger partial charge is 0.266 e. The molecule has 1 aromatic heterocycles. The van der Waals surface area contributed by atoms with Crippen LogP contribution in [0.25, 0.3) is 11.1 Å². The van der Waals surface area contributed by atoms with Gasteiger partial charge in [0, 0.05) is 17.1 Å². The van der Waals surface area contributed by atoms with E-state index in [1.165, 1.54) is 0 Å². The molecule has 7 heteroatoms. The lowest BCUT2D eigenvalue weighted by Crippen LogP contribution is -2.31. The Morgan fingerprint density at radius 2 is 2.00 bits per heavy atom. The van der Waals surface area contributed by atoms with E-state index in [2.05, 4.69) is 32.4 Å². The monoisotopic (exact) mass is 438 g/mol. The average molecular weight is 439 g/mol. The molecule has 0 bridgehead atoms. The van der Waals surface area contributed by atoms with Crippen molar-refractivity contribution in [3.8, 4) is 22.9 Å². The van der Waals surface area contributed by atoms with Gasteiger partial charge in [0.25, 0.3) is 5.91 Å². The van der Waals surface area contributed by atoms with Gasteiger partial charge in [-0.05, 0) is 49.7 Å². The Bertz CT molecular complexity index is 1050. The maximum absolute atomic E-state index is 12.7. The van der Waals surface area contributed by atoms with Crippen LogP contribution in [0.2, 0.25) is 0 Å². The van der Waals surface area contributed by atoms with E-state index in [0.29, 0.717) is 17.1 Å². The van der Waals surface area contributed by atoms with Gasteiger partial charge in [-0.2, -0.15) is 10.4 Å². The molecule has 6 nitrogen and oxygen atoms in total. The molecule has 28 heavy (non-hydrogen) atoms. The number of carbonyl (C=O) groups excluding carboxylic acids is 1. The third-order valence-corrected chi connectivity index (χ3v) is 4.77. The minimum absolute atomic E-state index is 0.302. The summed E-state index contributed by atoms with van der Waals surface area (Å²) in [5.74, 6) is 0.769. The molecule has 142 valence electrons. The molecule has 0 aliphatic carbocycles. The first kappa shape index (κ1) is 19.6. The maximum Gasteiger partial charge on any atom is 0.266 e. The summed E-state index contributed by atoms with van der Waals surface area (Å²) < 4.78 is 8.32. The van der Waals surface area contributed by atoms with E-state index in [1.54, 1.807) is 42.9 Å². The van der Waals surface area contributed by atoms with Gasteiger partial charge in [0.2, 0.25) is 0 Å². The van der Waals surface area contributed by atoms with Crippen molar-refractivity contribution in [3.63, 3.8) is 0 Å². The number of amides is 1. The first-order chi connectivity index (χ1) is 13.4. The summed E-state index contributed by atoms with van der Waals surface area (Å²) in [6, 6.07) is 16.6. The predicted molar refractivity (Wildman–Crippen MR) is 111 cm³/mol. The summed E-state index contributed by atoms with van der Waals surface area (Å²) in [6.45, 7) is 3.57. The lowest BCUT2D eigenvalue weighted by molar-refractivity contribution is -0.122. The largest absolute Gasteiger partial charge is 0.481 e. The lowest BCUT2D eigenvalue weighted by Gasteiger charge is -2.16. The van der Waals surface area contributed by atoms with Crippen molar-refractivity contribution in [2.24, 2.45) is 7.05 Å². The van der Waals surface area contributed by atoms with Crippen LogP contribution >= 0.6 is 15.9 Å². The fourth-order valence-electron chi connectivity index (χ4n) is 2.88. The zero-order chi connectivity index (χ0) is 20.3. The van der Waals surface area contributed by atoms with Gasteiger partial charge in [0.05, 0.1) is 17.3 Å². The van der Waals surface area contributed by atoms with Crippen molar-refractivity contribution in [2.75, 3.05) is 5.32 Å². The molecular formula is C21H19BrN4O2. The van der Waals surface area contributed by atoms with Crippen LogP contribution in [-0.2, 0) is 11.8 Å². The van der Waals surface area contributed by atoms with Crippen molar-refractivity contribution < 1.29 is 9.53 Å². The molecule has 0 aliphatic heterocycles. The first-order valence-electron chi connectivity index (χ1n) is 8.66. The number of hydrogen-bond acceptors (Lipinski definition) is 4. The summed E-state index contributed by atoms with van der Waals surface area (Å²) >= 11 is 3.43. The number of rotatable bonds is 5. The Morgan fingerprint density at radius 1 is 1.29 bits per heavy atom. The van der Waals surface area contributed by atoms with Crippen LogP contribution in [0.15, 0.2) is 53.0 Å². The molecule has 0 fully saturated rings. The Kier molecular flexibility index (Phi) is 5.81. The highest BCUT2D eigenvalue weighted by atomic mass is 79.9. The number of benzene rings is 2. The number of nitriles is 1. The van der Waals surface area contributed by atoms with Gasteiger partial charge in [-0.15, -0.1) is 0 Å². The van der Waals surface area contributed by atoms with Gasteiger partial charge in [-0.25, -0.2) is 0 Å². The molecule has 1 atom stereocenters. The summed E-state index contributed by atoms with van der Waals surface area (Å²) in [5, 5.41) is 16.4. The average Bonchev–Trinajstić information content (AvgIpc) is 2.95. The molecule has 1 unspecified atom stereocenters. The van der Waals surface area contributed by atoms with Crippen LogP contribution in [-0.4, -0.2) is 21.8 Å². The molecule has 0 radical (unpaired) electrons. The van der Waals surface area contributed by atoms with E-state index in [1.807, 2.05) is 31.2 Å². The molecular weight excluding hydrogens is 420 g/mol. The number of anilines is 1. The van der Waals surface area contributed by atoms with Gasteiger partial charge < -0.3 is 10.1 Å². The lowest BCUT2D eigenvalue weighted by atomic mass is 10.1. The van der Waals surface area contributed by atoms with Gasteiger partial charge in [-0.1, -0.05) is 34.1 Å². The highest BCUT2D eigenvalue weighted by molar-refractivity contribution is 9.10. The molecule has 0 saturated carbocycles. The van der Waals surface area contributed by atoms with Crippen molar-refractivity contribution >= 4 is 27.7 Å². The number of aromatic nitrogens is 2. The number of hydrogen-bond donors (Lipinski definition) is 1. The van der Waals surface area contributed by atoms with Crippen LogP contribution in [0.3, 0.4) is 0 Å². The molecule has 2 aromatic carbocycles. The standard InChI is InChI=1S/C21H19BrN4O2/c1-13-19(16-7-9-17(22)10-8-16)20(26(3)25-13)24-21(27)14(2)28-18-6-4-5-15(11-18)12-23/h4-11,14H,1-3H3,(H,24,27). The fraction of sp³-hybridized carbons (Fsp3) is 0.190. The molecule has 0 aliphatic rings. The van der Waals surface area contributed by atoms with E-state index in [4.69, 9.17) is 10.00 Å². The normalized spacial score (nSPS) is 11.5. The van der Waals surface area contributed by atoms with E-state index in [-0.39, 0.29) is 5.91 Å². The number of ether oxygens (including phenoxy) is 1. The molecule has 1 N–H and O–H groups in total. The molecule has 1 amide bonds. The molecule has 3 aromatic rings. The molecule has 3 rings (SSSR count). The number of halogens is 1. The van der Waals surface area contributed by atoms with Crippen LogP contribution < -0.4 is 10.1 Å². The highest BCUT2D eigenvalue weighted by Gasteiger charge is 2.21. The van der Waals surface area contributed by atoms with Crippen molar-refractivity contribution in [3.05, 3.63) is 64.3 Å². The predicted octanol–water partition coefficient (Wildman–Crippen LogP) is 4.44. The van der Waals surface area contributed by atoms with E-state index >= 15 is 0 Å². The quantitative estimate of drug-likeness (QED) is 0.638. The summed E-state index contributed by atoms with van der Waals surface area (Å²) in [6.07, 6.45) is -0.748. The maximum atomic E-state index is 12.7. The van der Waals surface area contributed by atoms with Crippen LogP contribution in [0, 0.1) is 18.3 Å². The van der Waals surface area contributed by atoms with E-state index in [0.717, 1.165) is 21.3 Å². The number of nitrogens with one attached hydrogen (secondary N) is 1. The van der Waals surface area contributed by atoms with Crippen LogP contribution in [0.4, 0.5) is 5.82 Å². The van der Waals surface area contributed by atoms with Gasteiger partial charge in [0.15, 0.2) is 6.10 Å². The number of nitrogens with zero attached hydrogens (tertiary/aromatic N) is 3. The van der Waals surface area contributed by atoms with Crippen molar-refractivity contribution in [2.45, 2.75) is 20.0 Å². The van der Waals surface area contributed by atoms with Crippen LogP contribution in [0.5, 0.6) is 5.75 Å². The Morgan fingerprint density at radius 3 is 2.68 bits per heavy atom. The topological polar surface area (TPSA) is 79.9 Å². The summed E-state index contributed by atoms with van der Waals surface area (Å²) in [7, 11) is 1.78. The minimum Gasteiger partial charge on any atom is -0.481 e. The van der Waals surface area contributed by atoms with Crippen molar-refractivity contribution in [1.82, 2.24) is 9.78 Å². The Hall–Kier alpha value is -3.11. The van der Waals surface area contributed by atoms with E-state index in [9.17, 15) is 4.79 Å². The third-order valence-electron chi connectivity index (χ3n) is 4.24. The zero-order valence-electron chi connectivity index (χ0n) is 15.7.